The van der Waals surface area contributed by atoms with Gasteiger partial charge in [0.05, 0.1) is 5.71 Å². The lowest BCUT2D eigenvalue weighted by molar-refractivity contribution is 0.113. The van der Waals surface area contributed by atoms with Crippen LogP contribution in [0, 0.1) is 0 Å². The number of allylic oxidation sites excluding steroid dienone is 2. The molecule has 0 bridgehead atoms. The van der Waals surface area contributed by atoms with Crippen molar-refractivity contribution >= 4 is 23.3 Å². The van der Waals surface area contributed by atoms with E-state index < -0.39 is 0 Å². The van der Waals surface area contributed by atoms with Crippen molar-refractivity contribution in [1.82, 2.24) is 10.2 Å². The minimum Gasteiger partial charge on any atom is -0.507 e. The number of rotatable bonds is 6. The van der Waals surface area contributed by atoms with E-state index in [1.54, 1.807) is 13.1 Å². The number of amidine groups is 1. The van der Waals surface area contributed by atoms with Crippen molar-refractivity contribution in [3.05, 3.63) is 34.9 Å². The van der Waals surface area contributed by atoms with E-state index in [0.717, 1.165) is 41.1 Å². The molecule has 35 heavy (non-hydrogen) atoms. The van der Waals surface area contributed by atoms with Crippen molar-refractivity contribution in [3.63, 3.8) is 0 Å². The number of nitrogens with one attached hydrogen (secondary N) is 1. The molecule has 0 aliphatic carbocycles. The van der Waals surface area contributed by atoms with Crippen molar-refractivity contribution in [2.45, 2.75) is 106 Å². The maximum absolute atomic E-state index is 10.8. The summed E-state index contributed by atoms with van der Waals surface area (Å²) in [4.78, 5) is 6.39. The van der Waals surface area contributed by atoms with Gasteiger partial charge in [0, 0.05) is 43.0 Å². The predicted molar refractivity (Wildman–Crippen MR) is 154 cm³/mol. The van der Waals surface area contributed by atoms with E-state index in [-0.39, 0.29) is 16.8 Å². The lowest BCUT2D eigenvalue weighted by Crippen LogP contribution is -2.62. The summed E-state index contributed by atoms with van der Waals surface area (Å²) in [5, 5.41) is 23.6. The lowest BCUT2D eigenvalue weighted by atomic mass is 9.79. The van der Waals surface area contributed by atoms with Crippen LogP contribution in [0.3, 0.4) is 0 Å². The van der Waals surface area contributed by atoms with E-state index in [2.05, 4.69) is 60.2 Å². The molecule has 1 saturated heterocycles. The van der Waals surface area contributed by atoms with Crippen LogP contribution in [0.2, 0.25) is 0 Å². The van der Waals surface area contributed by atoms with Crippen LogP contribution in [0.1, 0.15) is 99.6 Å². The van der Waals surface area contributed by atoms with Gasteiger partial charge in [0.1, 0.15) is 11.6 Å². The van der Waals surface area contributed by atoms with E-state index in [1.807, 2.05) is 59.9 Å². The van der Waals surface area contributed by atoms with Crippen LogP contribution in [0.4, 0.5) is 0 Å². The Labute approximate surface area is 214 Å². The van der Waals surface area contributed by atoms with Crippen molar-refractivity contribution in [2.75, 3.05) is 14.1 Å². The van der Waals surface area contributed by atoms with E-state index in [0.29, 0.717) is 18.0 Å². The third kappa shape index (κ3) is 8.60. The molecule has 0 saturated carbocycles. The standard InChI is InChI=1S/C27H43N5O.C2H6/c1-11-24(22-13-12-20(14-25(22)33)23(17-28-9)18(2)3)30-29-19(4)32(10)21-15-26(5,6)31-27(7,8)16-21;1-2/h12-14,17,21,31,33H,11,15-16H2,1-10H3;1-2H3/b28-17?,29-19+,30-24+;. The molecule has 0 unspecified atom stereocenters. The highest BCUT2D eigenvalue weighted by Crippen LogP contribution is 2.31. The number of piperidine rings is 1. The van der Waals surface area contributed by atoms with Gasteiger partial charge in [-0.05, 0) is 91.0 Å². The number of phenolic OH excluding ortho intramolecular Hbond substituents is 1. The van der Waals surface area contributed by atoms with Gasteiger partial charge in [-0.1, -0.05) is 32.4 Å². The molecule has 0 spiro atoms. The molecule has 2 N–H and O–H groups in total. The van der Waals surface area contributed by atoms with Crippen molar-refractivity contribution in [2.24, 2.45) is 15.2 Å². The topological polar surface area (TPSA) is 72.6 Å². The lowest BCUT2D eigenvalue weighted by Gasteiger charge is -2.49. The largest absolute Gasteiger partial charge is 0.507 e. The summed E-state index contributed by atoms with van der Waals surface area (Å²) in [5.41, 5.74) is 4.71. The molecule has 6 heteroatoms. The van der Waals surface area contributed by atoms with Gasteiger partial charge in [-0.25, -0.2) is 0 Å². The molecule has 0 radical (unpaired) electrons. The Morgan fingerprint density at radius 2 is 1.66 bits per heavy atom. The van der Waals surface area contributed by atoms with E-state index >= 15 is 0 Å². The normalized spacial score (nSPS) is 18.2. The Morgan fingerprint density at radius 1 is 1.09 bits per heavy atom. The number of nitrogens with zero attached hydrogens (tertiary/aromatic N) is 4. The van der Waals surface area contributed by atoms with Crippen LogP contribution >= 0.6 is 0 Å². The summed E-state index contributed by atoms with van der Waals surface area (Å²) in [6, 6.07) is 6.10. The molecule has 0 aromatic heterocycles. The zero-order chi connectivity index (χ0) is 27.0. The fourth-order valence-electron chi connectivity index (χ4n) is 4.89. The SMILES string of the molecule is CC.CC/C(=N\N=C(/C)N(C)C1CC(C)(C)NC(C)(C)C1)c1ccc(C(C=NC)=C(C)C)cc1O. The Bertz CT molecular complexity index is 949. The molecule has 1 aliphatic heterocycles. The van der Waals surface area contributed by atoms with Gasteiger partial charge in [-0.15, -0.1) is 5.10 Å². The number of hydrogen-bond donors (Lipinski definition) is 2. The maximum atomic E-state index is 10.8. The van der Waals surface area contributed by atoms with Crippen LogP contribution in [-0.2, 0) is 0 Å². The van der Waals surface area contributed by atoms with Crippen LogP contribution in [0.15, 0.2) is 39.0 Å². The van der Waals surface area contributed by atoms with Crippen LogP contribution < -0.4 is 5.32 Å². The molecule has 0 atom stereocenters. The first-order valence-electron chi connectivity index (χ1n) is 12.9. The summed E-state index contributed by atoms with van der Waals surface area (Å²) >= 11 is 0. The number of benzene rings is 1. The first-order chi connectivity index (χ1) is 16.3. The highest BCUT2D eigenvalue weighted by molar-refractivity contribution is 6.11. The first kappa shape index (κ1) is 30.6. The molecule has 1 aliphatic rings. The average molecular weight is 484 g/mol. The minimum absolute atomic E-state index is 0.0684. The zero-order valence-corrected chi connectivity index (χ0v) is 24.2. The molecule has 1 heterocycles. The summed E-state index contributed by atoms with van der Waals surface area (Å²) in [6.45, 7) is 21.2. The van der Waals surface area contributed by atoms with Crippen LogP contribution in [0.25, 0.3) is 5.57 Å². The molecule has 2 rings (SSSR count). The molecule has 0 amide bonds. The third-order valence-corrected chi connectivity index (χ3v) is 6.29. The molecule has 1 fully saturated rings. The van der Waals surface area contributed by atoms with Crippen molar-refractivity contribution in [3.8, 4) is 5.75 Å². The van der Waals surface area contributed by atoms with Crippen LogP contribution in [0.5, 0.6) is 5.75 Å². The Kier molecular flexibility index (Phi) is 11.4. The number of phenols is 1. The monoisotopic (exact) mass is 483 g/mol. The second-order valence-electron chi connectivity index (χ2n) is 10.6. The quantitative estimate of drug-likeness (QED) is 0.269. The smallest absolute Gasteiger partial charge is 0.125 e. The van der Waals surface area contributed by atoms with Crippen LogP contribution in [-0.4, -0.2) is 59.0 Å². The van der Waals surface area contributed by atoms with E-state index in [9.17, 15) is 5.11 Å². The second kappa shape index (κ2) is 13.0. The van der Waals surface area contributed by atoms with Gasteiger partial charge in [0.2, 0.25) is 0 Å². The fraction of sp³-hybridized carbons (Fsp3) is 0.621. The number of hydrogen-bond acceptors (Lipinski definition) is 5. The van der Waals surface area contributed by atoms with Crippen molar-refractivity contribution < 1.29 is 5.11 Å². The predicted octanol–water partition coefficient (Wildman–Crippen LogP) is 6.69. The number of aromatic hydroxyl groups is 1. The van der Waals surface area contributed by atoms with E-state index in [1.165, 1.54) is 0 Å². The first-order valence-corrected chi connectivity index (χ1v) is 12.9. The molecule has 6 nitrogen and oxygen atoms in total. The minimum atomic E-state index is 0.0684. The van der Waals surface area contributed by atoms with Gasteiger partial charge in [0.25, 0.3) is 0 Å². The highest BCUT2D eigenvalue weighted by atomic mass is 16.3. The molecule has 1 aromatic carbocycles. The molecule has 196 valence electrons. The molecular weight excluding hydrogens is 434 g/mol. The summed E-state index contributed by atoms with van der Waals surface area (Å²) in [7, 11) is 3.85. The Morgan fingerprint density at radius 3 is 2.11 bits per heavy atom. The fourth-order valence-corrected chi connectivity index (χ4v) is 4.89. The number of aliphatic imine (C=N–C) groups is 1. The van der Waals surface area contributed by atoms with Gasteiger partial charge in [-0.3, -0.25) is 4.99 Å². The van der Waals surface area contributed by atoms with Crippen molar-refractivity contribution in [1.29, 1.82) is 0 Å². The third-order valence-electron chi connectivity index (χ3n) is 6.29. The zero-order valence-electron chi connectivity index (χ0n) is 24.2. The van der Waals surface area contributed by atoms with Gasteiger partial charge < -0.3 is 15.3 Å². The maximum Gasteiger partial charge on any atom is 0.125 e. The summed E-state index contributed by atoms with van der Waals surface area (Å²) in [5.74, 6) is 1.08. The second-order valence-corrected chi connectivity index (χ2v) is 10.6. The Hall–Kier alpha value is -2.47. The molecular formula is C29H49N5O. The van der Waals surface area contributed by atoms with Gasteiger partial charge >= 0.3 is 0 Å². The average Bonchev–Trinajstić information content (AvgIpc) is 2.77. The van der Waals surface area contributed by atoms with Gasteiger partial charge in [-0.2, -0.15) is 5.10 Å². The summed E-state index contributed by atoms with van der Waals surface area (Å²) in [6.07, 6.45) is 4.58. The Balaban J connectivity index is 0.00000298. The summed E-state index contributed by atoms with van der Waals surface area (Å²) < 4.78 is 0. The van der Waals surface area contributed by atoms with E-state index in [4.69, 9.17) is 0 Å². The van der Waals surface area contributed by atoms with Gasteiger partial charge in [0.15, 0.2) is 0 Å². The highest BCUT2D eigenvalue weighted by Gasteiger charge is 2.39. The molecule has 1 aromatic rings.